The average Bonchev–Trinajstić information content (AvgIpc) is 2.34. The SMILES string of the molecule is C/C(Cl)=C/COCCCCOc1c(Cl)cc(O)cc1Cl. The lowest BCUT2D eigenvalue weighted by Crippen LogP contribution is -2.02. The van der Waals surface area contributed by atoms with E-state index in [0.29, 0.717) is 35.6 Å². The predicted molar refractivity (Wildman–Crippen MR) is 83.3 cm³/mol. The summed E-state index contributed by atoms with van der Waals surface area (Å²) in [5.74, 6) is 0.413. The summed E-state index contributed by atoms with van der Waals surface area (Å²) in [7, 11) is 0. The van der Waals surface area contributed by atoms with Gasteiger partial charge in [0.2, 0.25) is 0 Å². The van der Waals surface area contributed by atoms with Crippen LogP contribution in [0.4, 0.5) is 0 Å². The van der Waals surface area contributed by atoms with Gasteiger partial charge in [0.1, 0.15) is 5.75 Å². The number of hydrogen-bond donors (Lipinski definition) is 1. The van der Waals surface area contributed by atoms with Crippen LogP contribution in [0, 0.1) is 0 Å². The summed E-state index contributed by atoms with van der Waals surface area (Å²) in [6.45, 7) is 3.45. The number of rotatable bonds is 8. The molecule has 0 radical (unpaired) electrons. The minimum atomic E-state index is 0.0170. The average molecular weight is 340 g/mol. The number of phenolic OH excluding ortho intramolecular Hbond substituents is 1. The number of ether oxygens (including phenoxy) is 2. The second-order valence-electron chi connectivity index (χ2n) is 4.16. The first-order valence-electron chi connectivity index (χ1n) is 6.21. The molecule has 1 N–H and O–H groups in total. The van der Waals surface area contributed by atoms with Gasteiger partial charge in [-0.05, 0) is 25.8 Å². The summed E-state index contributed by atoms with van der Waals surface area (Å²) in [6.07, 6.45) is 3.49. The zero-order chi connectivity index (χ0) is 15.0. The highest BCUT2D eigenvalue weighted by molar-refractivity contribution is 6.37. The summed E-state index contributed by atoms with van der Waals surface area (Å²) < 4.78 is 10.9. The molecule has 112 valence electrons. The number of allylic oxidation sites excluding steroid dienone is 1. The van der Waals surface area contributed by atoms with Gasteiger partial charge in [0.15, 0.2) is 5.75 Å². The van der Waals surface area contributed by atoms with E-state index in [1.165, 1.54) is 12.1 Å². The van der Waals surface area contributed by atoms with Crippen molar-refractivity contribution < 1.29 is 14.6 Å². The van der Waals surface area contributed by atoms with Crippen molar-refractivity contribution in [2.45, 2.75) is 19.8 Å². The molecule has 3 nitrogen and oxygen atoms in total. The lowest BCUT2D eigenvalue weighted by Gasteiger charge is -2.10. The fraction of sp³-hybridized carbons (Fsp3) is 0.429. The van der Waals surface area contributed by atoms with Crippen LogP contribution in [0.2, 0.25) is 10.0 Å². The Morgan fingerprint density at radius 3 is 2.40 bits per heavy atom. The molecule has 0 heterocycles. The third-order valence-corrected chi connectivity index (χ3v) is 3.11. The Bertz CT molecular complexity index is 434. The van der Waals surface area contributed by atoms with Gasteiger partial charge in [-0.15, -0.1) is 0 Å². The molecule has 0 fully saturated rings. The number of phenols is 1. The molecule has 0 saturated carbocycles. The van der Waals surface area contributed by atoms with E-state index in [4.69, 9.17) is 44.3 Å². The van der Waals surface area contributed by atoms with Crippen LogP contribution in [0.25, 0.3) is 0 Å². The van der Waals surface area contributed by atoms with Gasteiger partial charge in [-0.3, -0.25) is 0 Å². The van der Waals surface area contributed by atoms with Crippen LogP contribution in [0.3, 0.4) is 0 Å². The maximum absolute atomic E-state index is 9.29. The summed E-state index contributed by atoms with van der Waals surface area (Å²) in [4.78, 5) is 0. The molecule has 1 aromatic carbocycles. The molecule has 0 aliphatic carbocycles. The number of benzene rings is 1. The van der Waals surface area contributed by atoms with Gasteiger partial charge in [0.05, 0.1) is 23.3 Å². The standard InChI is InChI=1S/C14H17Cl3O3/c1-10(15)4-7-19-5-2-3-6-20-14-12(16)8-11(18)9-13(14)17/h4,8-9,18H,2-3,5-7H2,1H3/b10-4-. The van der Waals surface area contributed by atoms with E-state index in [1.54, 1.807) is 0 Å². The van der Waals surface area contributed by atoms with Crippen molar-refractivity contribution >= 4 is 34.8 Å². The maximum Gasteiger partial charge on any atom is 0.156 e. The molecule has 0 atom stereocenters. The van der Waals surface area contributed by atoms with E-state index >= 15 is 0 Å². The van der Waals surface area contributed by atoms with E-state index < -0.39 is 0 Å². The number of unbranched alkanes of at least 4 members (excludes halogenated alkanes) is 1. The third kappa shape index (κ3) is 6.71. The van der Waals surface area contributed by atoms with Gasteiger partial charge in [-0.2, -0.15) is 0 Å². The van der Waals surface area contributed by atoms with Gasteiger partial charge in [0.25, 0.3) is 0 Å². The molecule has 0 aromatic heterocycles. The molecular weight excluding hydrogens is 323 g/mol. The highest BCUT2D eigenvalue weighted by Crippen LogP contribution is 2.36. The molecule has 1 aromatic rings. The summed E-state index contributed by atoms with van der Waals surface area (Å²) in [6, 6.07) is 2.79. The zero-order valence-corrected chi connectivity index (χ0v) is 13.4. The molecule has 0 amide bonds. The lowest BCUT2D eigenvalue weighted by molar-refractivity contribution is 0.152. The Morgan fingerprint density at radius 2 is 1.80 bits per heavy atom. The molecule has 0 aliphatic rings. The monoisotopic (exact) mass is 338 g/mol. The predicted octanol–water partition coefficient (Wildman–Crippen LogP) is 5.02. The van der Waals surface area contributed by atoms with E-state index in [1.807, 2.05) is 13.0 Å². The number of hydrogen-bond acceptors (Lipinski definition) is 3. The van der Waals surface area contributed by atoms with E-state index in [0.717, 1.165) is 17.9 Å². The molecule has 0 spiro atoms. The Morgan fingerprint density at radius 1 is 1.20 bits per heavy atom. The minimum Gasteiger partial charge on any atom is -0.508 e. The van der Waals surface area contributed by atoms with Crippen molar-refractivity contribution in [3.8, 4) is 11.5 Å². The van der Waals surface area contributed by atoms with Crippen LogP contribution < -0.4 is 4.74 Å². The lowest BCUT2D eigenvalue weighted by atomic mass is 10.3. The van der Waals surface area contributed by atoms with E-state index in [-0.39, 0.29) is 5.75 Å². The number of aromatic hydroxyl groups is 1. The highest BCUT2D eigenvalue weighted by atomic mass is 35.5. The Labute approximate surface area is 134 Å². The molecule has 0 unspecified atom stereocenters. The smallest absolute Gasteiger partial charge is 0.156 e. The van der Waals surface area contributed by atoms with Crippen molar-refractivity contribution in [2.24, 2.45) is 0 Å². The summed E-state index contributed by atoms with van der Waals surface area (Å²) in [5.41, 5.74) is 0. The molecule has 0 bridgehead atoms. The van der Waals surface area contributed by atoms with E-state index in [2.05, 4.69) is 0 Å². The molecule has 0 aliphatic heterocycles. The van der Waals surface area contributed by atoms with Crippen molar-refractivity contribution in [3.63, 3.8) is 0 Å². The molecular formula is C14H17Cl3O3. The molecule has 1 rings (SSSR count). The topological polar surface area (TPSA) is 38.7 Å². The van der Waals surface area contributed by atoms with Crippen LogP contribution in [-0.2, 0) is 4.74 Å². The van der Waals surface area contributed by atoms with Crippen molar-refractivity contribution in [2.75, 3.05) is 19.8 Å². The summed E-state index contributed by atoms with van der Waals surface area (Å²) >= 11 is 17.5. The van der Waals surface area contributed by atoms with Crippen molar-refractivity contribution in [1.82, 2.24) is 0 Å². The maximum atomic E-state index is 9.29. The van der Waals surface area contributed by atoms with Crippen LogP contribution >= 0.6 is 34.8 Å². The van der Waals surface area contributed by atoms with Crippen LogP contribution in [0.5, 0.6) is 11.5 Å². The van der Waals surface area contributed by atoms with Gasteiger partial charge in [0, 0.05) is 23.8 Å². The fourth-order valence-corrected chi connectivity index (χ4v) is 2.07. The zero-order valence-electron chi connectivity index (χ0n) is 11.2. The van der Waals surface area contributed by atoms with Gasteiger partial charge >= 0.3 is 0 Å². The quantitative estimate of drug-likeness (QED) is 0.676. The normalized spacial score (nSPS) is 11.7. The Balaban J connectivity index is 2.20. The first-order valence-corrected chi connectivity index (χ1v) is 7.35. The highest BCUT2D eigenvalue weighted by Gasteiger charge is 2.09. The first kappa shape index (κ1) is 17.4. The molecule has 6 heteroatoms. The van der Waals surface area contributed by atoms with Crippen LogP contribution in [-0.4, -0.2) is 24.9 Å². The Kier molecular flexibility index (Phi) is 8.15. The second-order valence-corrected chi connectivity index (χ2v) is 5.57. The fourth-order valence-electron chi connectivity index (χ4n) is 1.42. The molecule has 20 heavy (non-hydrogen) atoms. The minimum absolute atomic E-state index is 0.0170. The molecule has 0 saturated heterocycles. The largest absolute Gasteiger partial charge is 0.508 e. The third-order valence-electron chi connectivity index (χ3n) is 2.39. The van der Waals surface area contributed by atoms with E-state index in [9.17, 15) is 5.11 Å². The van der Waals surface area contributed by atoms with Gasteiger partial charge in [-0.1, -0.05) is 34.8 Å². The summed E-state index contributed by atoms with van der Waals surface area (Å²) in [5, 5.41) is 10.6. The Hall–Kier alpha value is -0.610. The van der Waals surface area contributed by atoms with Gasteiger partial charge in [-0.25, -0.2) is 0 Å². The second kappa shape index (κ2) is 9.35. The van der Waals surface area contributed by atoms with Gasteiger partial charge < -0.3 is 14.6 Å². The van der Waals surface area contributed by atoms with Crippen LogP contribution in [0.1, 0.15) is 19.8 Å². The van der Waals surface area contributed by atoms with Crippen LogP contribution in [0.15, 0.2) is 23.2 Å². The van der Waals surface area contributed by atoms with Crippen molar-refractivity contribution in [1.29, 1.82) is 0 Å². The first-order chi connectivity index (χ1) is 9.50. The van der Waals surface area contributed by atoms with Crippen molar-refractivity contribution in [3.05, 3.63) is 33.3 Å². The number of halogens is 3.